The lowest BCUT2D eigenvalue weighted by Crippen LogP contribution is -2.36. The van der Waals surface area contributed by atoms with Crippen molar-refractivity contribution < 1.29 is 9.53 Å². The summed E-state index contributed by atoms with van der Waals surface area (Å²) in [6.45, 7) is 4.51. The van der Waals surface area contributed by atoms with E-state index >= 15 is 0 Å². The number of carbonyl (C=O) groups excluding carboxylic acids is 1. The molecule has 0 spiro atoms. The van der Waals surface area contributed by atoms with Gasteiger partial charge < -0.3 is 15.4 Å². The second-order valence-electron chi connectivity index (χ2n) is 6.62. The van der Waals surface area contributed by atoms with Gasteiger partial charge in [-0.3, -0.25) is 9.36 Å². The van der Waals surface area contributed by atoms with Crippen LogP contribution in [0.3, 0.4) is 0 Å². The number of amides is 2. The van der Waals surface area contributed by atoms with Crippen LogP contribution in [0.2, 0.25) is 0 Å². The lowest BCUT2D eigenvalue weighted by atomic mass is 10.2. The molecule has 0 bridgehead atoms. The van der Waals surface area contributed by atoms with Crippen LogP contribution < -0.4 is 16.2 Å². The standard InChI is InChI=1S/C21H24N4O3/c1-14-8-10-16(11-9-14)23-21(27)22-15(2)19-24-18-7-5-4-6-17(18)20(26)25(19)12-13-28-3/h4-11,15H,12-13H2,1-3H3,(H2,22,23,27). The molecule has 146 valence electrons. The lowest BCUT2D eigenvalue weighted by molar-refractivity contribution is 0.184. The molecule has 3 rings (SSSR count). The molecule has 2 amide bonds. The quantitative estimate of drug-likeness (QED) is 0.687. The number of aromatic nitrogens is 2. The second kappa shape index (κ2) is 8.67. The van der Waals surface area contributed by atoms with Gasteiger partial charge in [-0.05, 0) is 38.1 Å². The highest BCUT2D eigenvalue weighted by Crippen LogP contribution is 2.15. The first-order valence-electron chi connectivity index (χ1n) is 9.12. The van der Waals surface area contributed by atoms with Gasteiger partial charge in [0.2, 0.25) is 0 Å². The smallest absolute Gasteiger partial charge is 0.319 e. The molecule has 1 aromatic heterocycles. The number of ether oxygens (including phenoxy) is 1. The first-order chi connectivity index (χ1) is 13.5. The van der Waals surface area contributed by atoms with Gasteiger partial charge in [0.25, 0.3) is 5.56 Å². The zero-order valence-electron chi connectivity index (χ0n) is 16.2. The predicted molar refractivity (Wildman–Crippen MR) is 110 cm³/mol. The van der Waals surface area contributed by atoms with Crippen LogP contribution in [0.5, 0.6) is 0 Å². The van der Waals surface area contributed by atoms with Crippen LogP contribution in [-0.4, -0.2) is 29.3 Å². The summed E-state index contributed by atoms with van der Waals surface area (Å²) >= 11 is 0. The van der Waals surface area contributed by atoms with Gasteiger partial charge in [0.1, 0.15) is 5.82 Å². The average Bonchev–Trinajstić information content (AvgIpc) is 2.69. The predicted octanol–water partition coefficient (Wildman–Crippen LogP) is 3.23. The zero-order valence-corrected chi connectivity index (χ0v) is 16.2. The van der Waals surface area contributed by atoms with Gasteiger partial charge in [0, 0.05) is 12.8 Å². The highest BCUT2D eigenvalue weighted by Gasteiger charge is 2.18. The topological polar surface area (TPSA) is 85.2 Å². The fourth-order valence-corrected chi connectivity index (χ4v) is 2.98. The van der Waals surface area contributed by atoms with Crippen LogP contribution >= 0.6 is 0 Å². The minimum atomic E-state index is -0.473. The van der Waals surface area contributed by atoms with E-state index in [9.17, 15) is 9.59 Å². The van der Waals surface area contributed by atoms with Crippen molar-refractivity contribution in [2.24, 2.45) is 0 Å². The van der Waals surface area contributed by atoms with Gasteiger partial charge in [0.15, 0.2) is 0 Å². The summed E-state index contributed by atoms with van der Waals surface area (Å²) in [6, 6.07) is 13.9. The van der Waals surface area contributed by atoms with Crippen LogP contribution in [0, 0.1) is 6.92 Å². The van der Waals surface area contributed by atoms with E-state index in [0.29, 0.717) is 35.6 Å². The number of benzene rings is 2. The molecule has 7 nitrogen and oxygen atoms in total. The van der Waals surface area contributed by atoms with Crippen LogP contribution in [-0.2, 0) is 11.3 Å². The van der Waals surface area contributed by atoms with Crippen LogP contribution in [0.1, 0.15) is 24.4 Å². The molecule has 0 saturated heterocycles. The largest absolute Gasteiger partial charge is 0.383 e. The molecule has 0 aliphatic carbocycles. The van der Waals surface area contributed by atoms with E-state index in [1.807, 2.05) is 43.3 Å². The number of rotatable bonds is 6. The molecule has 0 radical (unpaired) electrons. The van der Waals surface area contributed by atoms with Crippen molar-refractivity contribution in [2.45, 2.75) is 26.4 Å². The number of para-hydroxylation sites is 1. The molecule has 1 heterocycles. The highest BCUT2D eigenvalue weighted by molar-refractivity contribution is 5.89. The van der Waals surface area contributed by atoms with Crippen molar-refractivity contribution in [3.63, 3.8) is 0 Å². The molecule has 3 aromatic rings. The Balaban J connectivity index is 1.86. The minimum absolute atomic E-state index is 0.148. The van der Waals surface area contributed by atoms with E-state index in [2.05, 4.69) is 15.6 Å². The molecule has 0 fully saturated rings. The Morgan fingerprint density at radius 1 is 1.18 bits per heavy atom. The molecule has 7 heteroatoms. The monoisotopic (exact) mass is 380 g/mol. The Morgan fingerprint density at radius 3 is 2.61 bits per heavy atom. The van der Waals surface area contributed by atoms with Crippen molar-refractivity contribution in [2.75, 3.05) is 19.0 Å². The molecule has 0 saturated carbocycles. The maximum absolute atomic E-state index is 12.9. The maximum atomic E-state index is 12.9. The Kier molecular flexibility index (Phi) is 6.06. The van der Waals surface area contributed by atoms with Gasteiger partial charge in [0.05, 0.1) is 30.1 Å². The molecule has 1 atom stereocenters. The van der Waals surface area contributed by atoms with E-state index in [0.717, 1.165) is 5.56 Å². The van der Waals surface area contributed by atoms with E-state index in [1.165, 1.54) is 0 Å². The van der Waals surface area contributed by atoms with Gasteiger partial charge >= 0.3 is 6.03 Å². The molecule has 1 unspecified atom stereocenters. The average molecular weight is 380 g/mol. The number of hydrogen-bond acceptors (Lipinski definition) is 4. The molecule has 2 aromatic carbocycles. The van der Waals surface area contributed by atoms with Crippen molar-refractivity contribution in [3.05, 3.63) is 70.3 Å². The molecular weight excluding hydrogens is 356 g/mol. The first-order valence-corrected chi connectivity index (χ1v) is 9.12. The number of nitrogens with one attached hydrogen (secondary N) is 2. The van der Waals surface area contributed by atoms with Crippen molar-refractivity contribution in [3.8, 4) is 0 Å². The first kappa shape index (κ1) is 19.6. The summed E-state index contributed by atoms with van der Waals surface area (Å²) in [5.41, 5.74) is 2.26. The summed E-state index contributed by atoms with van der Waals surface area (Å²) in [4.78, 5) is 29.9. The third kappa shape index (κ3) is 4.37. The normalized spacial score (nSPS) is 12.0. The summed E-state index contributed by atoms with van der Waals surface area (Å²) < 4.78 is 6.69. The maximum Gasteiger partial charge on any atom is 0.319 e. The van der Waals surface area contributed by atoms with E-state index in [4.69, 9.17) is 4.74 Å². The van der Waals surface area contributed by atoms with Crippen molar-refractivity contribution in [1.29, 1.82) is 0 Å². The number of anilines is 1. The van der Waals surface area contributed by atoms with Gasteiger partial charge in [-0.2, -0.15) is 0 Å². The molecule has 2 N–H and O–H groups in total. The summed E-state index contributed by atoms with van der Waals surface area (Å²) in [5, 5.41) is 6.19. The highest BCUT2D eigenvalue weighted by atomic mass is 16.5. The Labute approximate surface area is 163 Å². The van der Waals surface area contributed by atoms with Crippen LogP contribution in [0.15, 0.2) is 53.3 Å². The number of fused-ring (bicyclic) bond motifs is 1. The summed E-state index contributed by atoms with van der Waals surface area (Å²) in [6.07, 6.45) is 0. The van der Waals surface area contributed by atoms with E-state index in [1.54, 1.807) is 30.7 Å². The van der Waals surface area contributed by atoms with Gasteiger partial charge in [-0.15, -0.1) is 0 Å². The Morgan fingerprint density at radius 2 is 1.89 bits per heavy atom. The minimum Gasteiger partial charge on any atom is -0.383 e. The summed E-state index contributed by atoms with van der Waals surface area (Å²) in [5.74, 6) is 0.486. The third-order valence-corrected chi connectivity index (χ3v) is 4.45. The second-order valence-corrected chi connectivity index (χ2v) is 6.62. The SMILES string of the molecule is COCCn1c(C(C)NC(=O)Nc2ccc(C)cc2)nc2ccccc2c1=O. The number of carbonyl (C=O) groups is 1. The van der Waals surface area contributed by atoms with E-state index < -0.39 is 6.04 Å². The number of aryl methyl sites for hydroxylation is 1. The Bertz CT molecular complexity index is 1030. The molecule has 28 heavy (non-hydrogen) atoms. The third-order valence-electron chi connectivity index (χ3n) is 4.45. The number of hydrogen-bond donors (Lipinski definition) is 2. The van der Waals surface area contributed by atoms with Crippen LogP contribution in [0.4, 0.5) is 10.5 Å². The Hall–Kier alpha value is -3.19. The van der Waals surface area contributed by atoms with Crippen LogP contribution in [0.25, 0.3) is 10.9 Å². The number of urea groups is 1. The molecule has 0 aliphatic rings. The number of methoxy groups -OCH3 is 1. The van der Waals surface area contributed by atoms with Gasteiger partial charge in [-0.1, -0.05) is 29.8 Å². The van der Waals surface area contributed by atoms with Crippen molar-refractivity contribution in [1.82, 2.24) is 14.9 Å². The van der Waals surface area contributed by atoms with E-state index in [-0.39, 0.29) is 11.6 Å². The fourth-order valence-electron chi connectivity index (χ4n) is 2.98. The fraction of sp³-hybridized carbons (Fsp3) is 0.286. The summed E-state index contributed by atoms with van der Waals surface area (Å²) in [7, 11) is 1.58. The van der Waals surface area contributed by atoms with Gasteiger partial charge in [-0.25, -0.2) is 9.78 Å². The zero-order chi connectivity index (χ0) is 20.1. The lowest BCUT2D eigenvalue weighted by Gasteiger charge is -2.19. The molecule has 0 aliphatic heterocycles. The number of nitrogens with zero attached hydrogens (tertiary/aromatic N) is 2. The van der Waals surface area contributed by atoms with Crippen molar-refractivity contribution >= 4 is 22.6 Å². The molecular formula is C21H24N4O3.